The summed E-state index contributed by atoms with van der Waals surface area (Å²) in [6, 6.07) is 12.2. The molecule has 96 valence electrons. The summed E-state index contributed by atoms with van der Waals surface area (Å²) in [5.41, 5.74) is 3.22. The van der Waals surface area contributed by atoms with Crippen LogP contribution in [0.5, 0.6) is 0 Å². The number of benzene rings is 1. The van der Waals surface area contributed by atoms with Crippen LogP contribution in [0.1, 0.15) is 18.5 Å². The Balaban J connectivity index is 1.85. The van der Waals surface area contributed by atoms with Crippen LogP contribution in [0.15, 0.2) is 36.4 Å². The van der Waals surface area contributed by atoms with E-state index < -0.39 is 0 Å². The largest absolute Gasteiger partial charge is 0.310 e. The minimum Gasteiger partial charge on any atom is -0.310 e. The second-order valence-electron chi connectivity index (χ2n) is 5.16. The van der Waals surface area contributed by atoms with Gasteiger partial charge in [-0.3, -0.25) is 5.10 Å². The SMILES string of the molecule is C[C@H]1CN(C#N)C[C@@H]1c1cc(-c2ccccc2)n[nH]1. The van der Waals surface area contributed by atoms with E-state index in [1.807, 2.05) is 23.1 Å². The van der Waals surface area contributed by atoms with E-state index in [1.165, 1.54) is 0 Å². The Morgan fingerprint density at radius 2 is 2.11 bits per heavy atom. The third-order valence-electron chi connectivity index (χ3n) is 3.82. The van der Waals surface area contributed by atoms with Crippen molar-refractivity contribution in [1.29, 1.82) is 5.26 Å². The summed E-state index contributed by atoms with van der Waals surface area (Å²) >= 11 is 0. The van der Waals surface area contributed by atoms with Crippen molar-refractivity contribution in [2.24, 2.45) is 5.92 Å². The van der Waals surface area contributed by atoms with Crippen LogP contribution in [0.25, 0.3) is 11.3 Å². The van der Waals surface area contributed by atoms with Gasteiger partial charge in [-0.1, -0.05) is 37.3 Å². The molecule has 4 heteroatoms. The monoisotopic (exact) mass is 252 g/mol. The van der Waals surface area contributed by atoms with E-state index in [4.69, 9.17) is 5.26 Å². The molecule has 0 saturated carbocycles. The van der Waals surface area contributed by atoms with Crippen LogP contribution in [0.3, 0.4) is 0 Å². The summed E-state index contributed by atoms with van der Waals surface area (Å²) in [4.78, 5) is 1.82. The average Bonchev–Trinajstić information content (AvgIpc) is 3.06. The Labute approximate surface area is 112 Å². The Bertz CT molecular complexity index is 596. The van der Waals surface area contributed by atoms with Gasteiger partial charge in [0.15, 0.2) is 6.19 Å². The van der Waals surface area contributed by atoms with E-state index in [-0.39, 0.29) is 0 Å². The van der Waals surface area contributed by atoms with E-state index in [0.29, 0.717) is 11.8 Å². The lowest BCUT2D eigenvalue weighted by Crippen LogP contribution is -2.12. The average molecular weight is 252 g/mol. The normalized spacial score (nSPS) is 22.4. The molecule has 19 heavy (non-hydrogen) atoms. The summed E-state index contributed by atoms with van der Waals surface area (Å²) in [5, 5.41) is 16.5. The maximum atomic E-state index is 8.98. The summed E-state index contributed by atoms with van der Waals surface area (Å²) in [7, 11) is 0. The van der Waals surface area contributed by atoms with E-state index in [1.54, 1.807) is 0 Å². The van der Waals surface area contributed by atoms with Crippen molar-refractivity contribution in [1.82, 2.24) is 15.1 Å². The molecule has 1 fully saturated rings. The van der Waals surface area contributed by atoms with Gasteiger partial charge in [-0.15, -0.1) is 0 Å². The summed E-state index contributed by atoms with van der Waals surface area (Å²) < 4.78 is 0. The van der Waals surface area contributed by atoms with Crippen molar-refractivity contribution >= 4 is 0 Å². The molecule has 1 N–H and O–H groups in total. The Morgan fingerprint density at radius 1 is 1.32 bits per heavy atom. The second kappa shape index (κ2) is 4.77. The van der Waals surface area contributed by atoms with Crippen LogP contribution in [-0.2, 0) is 0 Å². The third-order valence-corrected chi connectivity index (χ3v) is 3.82. The van der Waals surface area contributed by atoms with Gasteiger partial charge in [-0.2, -0.15) is 10.4 Å². The maximum Gasteiger partial charge on any atom is 0.179 e. The molecule has 0 amide bonds. The van der Waals surface area contributed by atoms with Crippen LogP contribution < -0.4 is 0 Å². The molecular weight excluding hydrogens is 236 g/mol. The highest BCUT2D eigenvalue weighted by Crippen LogP contribution is 2.32. The van der Waals surface area contributed by atoms with E-state index in [0.717, 1.165) is 30.0 Å². The lowest BCUT2D eigenvalue weighted by atomic mass is 9.94. The standard InChI is InChI=1S/C15H16N4/c1-11-8-19(10-16)9-13(11)15-7-14(17-18-15)12-5-3-2-4-6-12/h2-7,11,13H,8-9H2,1H3,(H,17,18)/t11-,13-/m0/s1. The number of hydrogen-bond donors (Lipinski definition) is 1. The molecule has 1 aliphatic rings. The minimum atomic E-state index is 0.365. The van der Waals surface area contributed by atoms with Crippen molar-refractivity contribution in [2.75, 3.05) is 13.1 Å². The lowest BCUT2D eigenvalue weighted by Gasteiger charge is -2.10. The number of H-pyrrole nitrogens is 1. The van der Waals surface area contributed by atoms with Gasteiger partial charge in [0.05, 0.1) is 5.69 Å². The predicted octanol–water partition coefficient (Wildman–Crippen LogP) is 2.59. The summed E-state index contributed by atoms with van der Waals surface area (Å²) in [6.45, 7) is 3.81. The number of nitriles is 1. The van der Waals surface area contributed by atoms with Gasteiger partial charge >= 0.3 is 0 Å². The number of aromatic nitrogens is 2. The van der Waals surface area contributed by atoms with Crippen LogP contribution in [0.2, 0.25) is 0 Å². The van der Waals surface area contributed by atoms with Gasteiger partial charge in [0, 0.05) is 30.3 Å². The minimum absolute atomic E-state index is 0.365. The van der Waals surface area contributed by atoms with Gasteiger partial charge in [0.2, 0.25) is 0 Å². The number of aromatic amines is 1. The van der Waals surface area contributed by atoms with E-state index in [9.17, 15) is 0 Å². The van der Waals surface area contributed by atoms with Crippen LogP contribution in [-0.4, -0.2) is 28.2 Å². The van der Waals surface area contributed by atoms with Crippen molar-refractivity contribution in [3.05, 3.63) is 42.1 Å². The van der Waals surface area contributed by atoms with Gasteiger partial charge in [0.25, 0.3) is 0 Å². The van der Waals surface area contributed by atoms with Gasteiger partial charge in [0.1, 0.15) is 0 Å². The predicted molar refractivity (Wildman–Crippen MR) is 73.1 cm³/mol. The fourth-order valence-corrected chi connectivity index (χ4v) is 2.74. The number of nitrogens with zero attached hydrogens (tertiary/aromatic N) is 3. The van der Waals surface area contributed by atoms with Gasteiger partial charge < -0.3 is 4.90 Å². The molecule has 2 heterocycles. The van der Waals surface area contributed by atoms with E-state index in [2.05, 4.69) is 41.5 Å². The molecule has 1 saturated heterocycles. The molecule has 1 aliphatic heterocycles. The zero-order chi connectivity index (χ0) is 13.2. The topological polar surface area (TPSA) is 55.7 Å². The molecule has 0 spiro atoms. The first-order valence-electron chi connectivity index (χ1n) is 6.53. The summed E-state index contributed by atoms with van der Waals surface area (Å²) in [6.07, 6.45) is 2.23. The van der Waals surface area contributed by atoms with Crippen LogP contribution >= 0.6 is 0 Å². The van der Waals surface area contributed by atoms with Crippen molar-refractivity contribution < 1.29 is 0 Å². The molecule has 2 atom stereocenters. The molecule has 1 aromatic heterocycles. The fraction of sp³-hybridized carbons (Fsp3) is 0.333. The van der Waals surface area contributed by atoms with Crippen LogP contribution in [0.4, 0.5) is 0 Å². The van der Waals surface area contributed by atoms with Gasteiger partial charge in [-0.25, -0.2) is 0 Å². The highest BCUT2D eigenvalue weighted by atomic mass is 15.2. The van der Waals surface area contributed by atoms with Gasteiger partial charge in [-0.05, 0) is 12.0 Å². The van der Waals surface area contributed by atoms with Crippen LogP contribution in [0, 0.1) is 17.4 Å². The fourth-order valence-electron chi connectivity index (χ4n) is 2.74. The number of nitrogens with one attached hydrogen (secondary N) is 1. The van der Waals surface area contributed by atoms with Crippen molar-refractivity contribution in [2.45, 2.75) is 12.8 Å². The Kier molecular flexibility index (Phi) is 2.96. The lowest BCUT2D eigenvalue weighted by molar-refractivity contribution is 0.465. The van der Waals surface area contributed by atoms with Crippen molar-refractivity contribution in [3.63, 3.8) is 0 Å². The summed E-state index contributed by atoms with van der Waals surface area (Å²) in [5.74, 6) is 0.841. The first-order chi connectivity index (χ1) is 9.28. The number of rotatable bonds is 2. The molecule has 3 rings (SSSR count). The zero-order valence-electron chi connectivity index (χ0n) is 10.9. The highest BCUT2D eigenvalue weighted by molar-refractivity contribution is 5.59. The maximum absolute atomic E-state index is 8.98. The third kappa shape index (κ3) is 2.19. The Hall–Kier alpha value is -2.28. The molecule has 2 aromatic rings. The number of likely N-dealkylation sites (tertiary alicyclic amines) is 1. The molecule has 0 radical (unpaired) electrons. The number of hydrogen-bond acceptors (Lipinski definition) is 3. The molecular formula is C15H16N4. The smallest absolute Gasteiger partial charge is 0.179 e. The first-order valence-corrected chi connectivity index (χ1v) is 6.53. The van der Waals surface area contributed by atoms with E-state index >= 15 is 0 Å². The molecule has 4 nitrogen and oxygen atoms in total. The quantitative estimate of drug-likeness (QED) is 0.836. The first kappa shape index (κ1) is 11.8. The highest BCUT2D eigenvalue weighted by Gasteiger charge is 2.31. The molecule has 0 unspecified atom stereocenters. The molecule has 0 aliphatic carbocycles. The second-order valence-corrected chi connectivity index (χ2v) is 5.16. The van der Waals surface area contributed by atoms with Crippen molar-refractivity contribution in [3.8, 4) is 17.5 Å². The Morgan fingerprint density at radius 3 is 2.79 bits per heavy atom. The zero-order valence-corrected chi connectivity index (χ0v) is 10.9. The molecule has 1 aromatic carbocycles. The molecule has 0 bridgehead atoms.